The maximum atomic E-state index is 13.7. The lowest BCUT2D eigenvalue weighted by Gasteiger charge is -2.30. The van der Waals surface area contributed by atoms with Gasteiger partial charge in [-0.05, 0) is 72.8 Å². The normalized spacial score (nSPS) is 13.6. The standard InChI is InChI=1S/C32H31ClN4O6S2/c1-2-17-37(28-8-4-3-5-9-28)45(41,42)29-10-6-7-24(22-29)32(38)34-27-15-16-30(36-18-20-43-21-19-36)31(23-27)44(39,40)35-26-13-11-25(33)12-14-26/h2-16,22-23,35H,1,17-21H2,(H,34,38). The van der Waals surface area contributed by atoms with Gasteiger partial charge >= 0.3 is 0 Å². The van der Waals surface area contributed by atoms with Crippen molar-refractivity contribution in [3.05, 3.63) is 120 Å². The fourth-order valence-corrected chi connectivity index (χ4v) is 7.70. The van der Waals surface area contributed by atoms with Gasteiger partial charge in [-0.25, -0.2) is 16.8 Å². The lowest BCUT2D eigenvalue weighted by molar-refractivity contribution is 0.102. The largest absolute Gasteiger partial charge is 0.378 e. The summed E-state index contributed by atoms with van der Waals surface area (Å²) in [4.78, 5) is 15.2. The van der Waals surface area contributed by atoms with E-state index in [-0.39, 0.29) is 27.6 Å². The minimum Gasteiger partial charge on any atom is -0.378 e. The van der Waals surface area contributed by atoms with Gasteiger partial charge in [-0.2, -0.15) is 0 Å². The molecule has 1 fully saturated rings. The van der Waals surface area contributed by atoms with Crippen molar-refractivity contribution in [2.24, 2.45) is 0 Å². The van der Waals surface area contributed by atoms with Crippen LogP contribution < -0.4 is 19.2 Å². The van der Waals surface area contributed by atoms with Gasteiger partial charge in [-0.3, -0.25) is 13.8 Å². The Bertz CT molecular complexity index is 1900. The quantitative estimate of drug-likeness (QED) is 0.199. The summed E-state index contributed by atoms with van der Waals surface area (Å²) in [6.45, 7) is 5.57. The van der Waals surface area contributed by atoms with Crippen LogP contribution in [0.4, 0.5) is 22.7 Å². The lowest BCUT2D eigenvalue weighted by atomic mass is 10.2. The first-order chi connectivity index (χ1) is 21.6. The summed E-state index contributed by atoms with van der Waals surface area (Å²) >= 11 is 5.96. The molecule has 10 nitrogen and oxygen atoms in total. The predicted octanol–water partition coefficient (Wildman–Crippen LogP) is 5.61. The Morgan fingerprint density at radius 3 is 2.27 bits per heavy atom. The molecule has 5 rings (SSSR count). The van der Waals surface area contributed by atoms with Crippen LogP contribution in [-0.2, 0) is 24.8 Å². The molecule has 2 N–H and O–H groups in total. The summed E-state index contributed by atoms with van der Waals surface area (Å²) in [7, 11) is -8.17. The number of carbonyl (C=O) groups is 1. The van der Waals surface area contributed by atoms with E-state index in [1.54, 1.807) is 66.7 Å². The van der Waals surface area contributed by atoms with Crippen LogP contribution in [0.5, 0.6) is 0 Å². The Balaban J connectivity index is 1.45. The van der Waals surface area contributed by atoms with E-state index in [0.717, 1.165) is 0 Å². The molecule has 0 aromatic heterocycles. The average Bonchev–Trinajstić information content (AvgIpc) is 3.05. The summed E-state index contributed by atoms with van der Waals surface area (Å²) in [6.07, 6.45) is 1.48. The first-order valence-corrected chi connectivity index (χ1v) is 17.2. The first-order valence-electron chi connectivity index (χ1n) is 13.9. The molecular formula is C32H31ClN4O6S2. The zero-order valence-corrected chi connectivity index (χ0v) is 26.5. The van der Waals surface area contributed by atoms with Crippen LogP contribution in [0.25, 0.3) is 0 Å². The zero-order chi connectivity index (χ0) is 32.0. The van der Waals surface area contributed by atoms with E-state index in [1.807, 2.05) is 4.90 Å². The molecule has 1 aliphatic heterocycles. The molecular weight excluding hydrogens is 636 g/mol. The van der Waals surface area contributed by atoms with Crippen molar-refractivity contribution in [1.29, 1.82) is 0 Å². The van der Waals surface area contributed by atoms with Gasteiger partial charge in [0.15, 0.2) is 0 Å². The number of nitrogens with one attached hydrogen (secondary N) is 2. The minimum absolute atomic E-state index is 0.0274. The van der Waals surface area contributed by atoms with Crippen LogP contribution in [0, 0.1) is 0 Å². The molecule has 13 heteroatoms. The number of anilines is 4. The number of amides is 1. The average molecular weight is 667 g/mol. The minimum atomic E-state index is -4.12. The van der Waals surface area contributed by atoms with Gasteiger partial charge in [0.25, 0.3) is 26.0 Å². The molecule has 4 aromatic carbocycles. The van der Waals surface area contributed by atoms with Crippen molar-refractivity contribution in [2.45, 2.75) is 9.79 Å². The molecule has 0 spiro atoms. The highest BCUT2D eigenvalue weighted by Crippen LogP contribution is 2.32. The second kappa shape index (κ2) is 13.7. The van der Waals surface area contributed by atoms with Gasteiger partial charge in [0.05, 0.1) is 36.0 Å². The Kier molecular flexibility index (Phi) is 9.78. The summed E-state index contributed by atoms with van der Waals surface area (Å²) in [5, 5.41) is 3.18. The summed E-state index contributed by atoms with van der Waals surface area (Å²) in [5.74, 6) is -0.616. The predicted molar refractivity (Wildman–Crippen MR) is 177 cm³/mol. The number of hydrogen-bond donors (Lipinski definition) is 2. The molecule has 1 aliphatic rings. The van der Waals surface area contributed by atoms with Gasteiger partial charge in [0.1, 0.15) is 4.90 Å². The summed E-state index contributed by atoms with van der Waals surface area (Å²) in [6, 6.07) is 25.1. The SMILES string of the molecule is C=CCN(c1ccccc1)S(=O)(=O)c1cccc(C(=O)Nc2ccc(N3CCOCC3)c(S(=O)(=O)Nc3ccc(Cl)cc3)c2)c1. The molecule has 45 heavy (non-hydrogen) atoms. The van der Waals surface area contributed by atoms with Crippen LogP contribution in [0.3, 0.4) is 0 Å². The second-order valence-corrected chi connectivity index (χ2v) is 14.0. The third kappa shape index (κ3) is 7.48. The van der Waals surface area contributed by atoms with Crippen molar-refractivity contribution in [3.8, 4) is 0 Å². The maximum Gasteiger partial charge on any atom is 0.264 e. The number of benzene rings is 4. The van der Waals surface area contributed by atoms with Crippen molar-refractivity contribution >= 4 is 60.3 Å². The van der Waals surface area contributed by atoms with E-state index in [2.05, 4.69) is 16.6 Å². The Morgan fingerprint density at radius 2 is 1.58 bits per heavy atom. The molecule has 0 atom stereocenters. The number of carbonyl (C=O) groups excluding carboxylic acids is 1. The van der Waals surface area contributed by atoms with Crippen LogP contribution in [0.15, 0.2) is 120 Å². The molecule has 0 bridgehead atoms. The number of nitrogens with zero attached hydrogens (tertiary/aromatic N) is 2. The molecule has 1 saturated heterocycles. The number of morpholine rings is 1. The van der Waals surface area contributed by atoms with E-state index in [4.69, 9.17) is 16.3 Å². The fraction of sp³-hybridized carbons (Fsp3) is 0.156. The molecule has 1 heterocycles. The monoisotopic (exact) mass is 666 g/mol. The van der Waals surface area contributed by atoms with E-state index < -0.39 is 26.0 Å². The van der Waals surface area contributed by atoms with Gasteiger partial charge < -0.3 is 15.0 Å². The smallest absolute Gasteiger partial charge is 0.264 e. The first kappa shape index (κ1) is 32.0. The number of ether oxygens (including phenoxy) is 1. The van der Waals surface area contributed by atoms with Gasteiger partial charge in [-0.1, -0.05) is 41.9 Å². The fourth-order valence-electron chi connectivity index (χ4n) is 4.78. The molecule has 234 valence electrons. The lowest BCUT2D eigenvalue weighted by Crippen LogP contribution is -2.37. The zero-order valence-electron chi connectivity index (χ0n) is 24.1. The van der Waals surface area contributed by atoms with E-state index in [1.165, 1.54) is 40.7 Å². The van der Waals surface area contributed by atoms with Crippen molar-refractivity contribution in [1.82, 2.24) is 0 Å². The molecule has 0 saturated carbocycles. The Morgan fingerprint density at radius 1 is 0.889 bits per heavy atom. The topological polar surface area (TPSA) is 125 Å². The second-order valence-electron chi connectivity index (χ2n) is 10.0. The van der Waals surface area contributed by atoms with Gasteiger partial charge in [0, 0.05) is 35.1 Å². The highest BCUT2D eigenvalue weighted by molar-refractivity contribution is 7.93. The number of rotatable bonds is 11. The molecule has 1 amide bonds. The molecule has 0 aliphatic carbocycles. The number of para-hydroxylation sites is 1. The van der Waals surface area contributed by atoms with Crippen LogP contribution in [0.1, 0.15) is 10.4 Å². The van der Waals surface area contributed by atoms with Crippen LogP contribution >= 0.6 is 11.6 Å². The van der Waals surface area contributed by atoms with Crippen molar-refractivity contribution < 1.29 is 26.4 Å². The number of halogens is 1. The van der Waals surface area contributed by atoms with E-state index in [9.17, 15) is 21.6 Å². The third-order valence-corrected chi connectivity index (χ3v) is 10.4. The molecule has 4 aromatic rings. The number of sulfonamides is 2. The Labute approximate surface area is 268 Å². The maximum absolute atomic E-state index is 13.7. The highest BCUT2D eigenvalue weighted by atomic mass is 35.5. The summed E-state index contributed by atoms with van der Waals surface area (Å²) < 4.78 is 63.8. The van der Waals surface area contributed by atoms with E-state index in [0.29, 0.717) is 48.4 Å². The molecule has 0 unspecified atom stereocenters. The molecule has 0 radical (unpaired) electrons. The van der Waals surface area contributed by atoms with Crippen LogP contribution in [0.2, 0.25) is 5.02 Å². The third-order valence-electron chi connectivity index (χ3n) is 6.98. The van der Waals surface area contributed by atoms with Crippen molar-refractivity contribution in [3.63, 3.8) is 0 Å². The van der Waals surface area contributed by atoms with Crippen LogP contribution in [-0.4, -0.2) is 55.6 Å². The van der Waals surface area contributed by atoms with Gasteiger partial charge in [0.2, 0.25) is 0 Å². The highest BCUT2D eigenvalue weighted by Gasteiger charge is 2.27. The van der Waals surface area contributed by atoms with E-state index >= 15 is 0 Å². The van der Waals surface area contributed by atoms with Gasteiger partial charge in [-0.15, -0.1) is 6.58 Å². The number of hydrogen-bond acceptors (Lipinski definition) is 7. The summed E-state index contributed by atoms with van der Waals surface area (Å²) in [5.41, 5.74) is 1.51. The van der Waals surface area contributed by atoms with Crippen molar-refractivity contribution in [2.75, 3.05) is 52.1 Å². The Hall–Kier alpha value is -4.36.